The number of sulfone groups is 1. The summed E-state index contributed by atoms with van der Waals surface area (Å²) in [4.78, 5) is 0.293. The smallest absolute Gasteiger partial charge is 0.423 e. The third-order valence-corrected chi connectivity index (χ3v) is 4.25. The van der Waals surface area contributed by atoms with E-state index in [0.717, 1.165) is 5.56 Å². The zero-order valence-corrected chi connectivity index (χ0v) is 9.12. The molecule has 1 heterocycles. The first-order valence-electron chi connectivity index (χ1n) is 4.70. The van der Waals surface area contributed by atoms with Crippen LogP contribution in [0.1, 0.15) is 12.5 Å². The predicted molar refractivity (Wildman–Crippen MR) is 56.6 cm³/mol. The first-order valence-corrected chi connectivity index (χ1v) is 6.35. The molecule has 1 aromatic rings. The van der Waals surface area contributed by atoms with Crippen LogP contribution < -0.4 is 5.46 Å². The van der Waals surface area contributed by atoms with Crippen LogP contribution in [0.2, 0.25) is 0 Å². The molecule has 1 aromatic carbocycles. The van der Waals surface area contributed by atoms with Crippen molar-refractivity contribution in [1.82, 2.24) is 0 Å². The lowest BCUT2D eigenvalue weighted by Crippen LogP contribution is -2.28. The van der Waals surface area contributed by atoms with Crippen LogP contribution in [-0.2, 0) is 21.1 Å². The highest BCUT2D eigenvalue weighted by Gasteiger charge is 2.28. The van der Waals surface area contributed by atoms with Gasteiger partial charge in [0.05, 0.1) is 17.3 Å². The summed E-state index contributed by atoms with van der Waals surface area (Å²) in [6.07, 6.45) is 0. The zero-order chi connectivity index (χ0) is 11.1. The van der Waals surface area contributed by atoms with E-state index in [1.165, 1.54) is 6.07 Å². The maximum Gasteiger partial charge on any atom is 0.491 e. The molecule has 0 saturated heterocycles. The lowest BCUT2D eigenvalue weighted by Gasteiger charge is -2.03. The topological polar surface area (TPSA) is 63.6 Å². The summed E-state index contributed by atoms with van der Waals surface area (Å²) < 4.78 is 28.1. The molecule has 1 N–H and O–H groups in total. The van der Waals surface area contributed by atoms with Gasteiger partial charge in [-0.15, -0.1) is 0 Å². The molecule has 0 bridgehead atoms. The van der Waals surface area contributed by atoms with Gasteiger partial charge in [0.25, 0.3) is 0 Å². The van der Waals surface area contributed by atoms with E-state index in [1.807, 2.05) is 0 Å². The second-order valence-electron chi connectivity index (χ2n) is 3.43. The monoisotopic (exact) mass is 226 g/mol. The molecule has 0 atom stereocenters. The Labute approximate surface area is 88.9 Å². The van der Waals surface area contributed by atoms with E-state index in [1.54, 1.807) is 19.1 Å². The minimum absolute atomic E-state index is 0.0786. The van der Waals surface area contributed by atoms with Crippen molar-refractivity contribution in [3.8, 4) is 0 Å². The zero-order valence-electron chi connectivity index (χ0n) is 8.30. The molecule has 0 unspecified atom stereocenters. The fourth-order valence-electron chi connectivity index (χ4n) is 1.57. The van der Waals surface area contributed by atoms with Gasteiger partial charge < -0.3 is 9.68 Å². The largest absolute Gasteiger partial charge is 0.491 e. The van der Waals surface area contributed by atoms with Crippen molar-refractivity contribution in [2.24, 2.45) is 0 Å². The van der Waals surface area contributed by atoms with Gasteiger partial charge in [-0.2, -0.15) is 0 Å². The number of hydrogen-bond donors (Lipinski definition) is 1. The molecule has 0 fully saturated rings. The summed E-state index contributed by atoms with van der Waals surface area (Å²) in [5, 5.41) is 9.36. The van der Waals surface area contributed by atoms with Crippen molar-refractivity contribution >= 4 is 22.4 Å². The van der Waals surface area contributed by atoms with Crippen LogP contribution in [0.3, 0.4) is 0 Å². The Bertz CT molecular complexity index is 483. The highest BCUT2D eigenvalue weighted by atomic mass is 32.2. The Morgan fingerprint density at radius 2 is 2.27 bits per heavy atom. The van der Waals surface area contributed by atoms with E-state index in [2.05, 4.69) is 0 Å². The third kappa shape index (κ3) is 1.80. The van der Waals surface area contributed by atoms with E-state index < -0.39 is 17.0 Å². The molecule has 1 aliphatic rings. The van der Waals surface area contributed by atoms with E-state index >= 15 is 0 Å². The first-order chi connectivity index (χ1) is 7.04. The molecule has 0 spiro atoms. The summed E-state index contributed by atoms with van der Waals surface area (Å²) in [7, 11) is -4.09. The average Bonchev–Trinajstić information content (AvgIpc) is 2.60. The van der Waals surface area contributed by atoms with Crippen molar-refractivity contribution in [2.75, 3.05) is 5.75 Å². The van der Waals surface area contributed by atoms with Gasteiger partial charge in [0.15, 0.2) is 9.84 Å². The molecule has 4 nitrogen and oxygen atoms in total. The van der Waals surface area contributed by atoms with Crippen LogP contribution in [0.15, 0.2) is 23.1 Å². The Morgan fingerprint density at radius 3 is 2.93 bits per heavy atom. The molecule has 6 heteroatoms. The summed E-state index contributed by atoms with van der Waals surface area (Å²) >= 11 is 0. The highest BCUT2D eigenvalue weighted by molar-refractivity contribution is 7.91. The molecule has 1 aliphatic heterocycles. The van der Waals surface area contributed by atoms with E-state index in [9.17, 15) is 13.4 Å². The quantitative estimate of drug-likeness (QED) is 0.703. The van der Waals surface area contributed by atoms with Crippen LogP contribution in [0.25, 0.3) is 0 Å². The Hall–Kier alpha value is -0.845. The summed E-state index contributed by atoms with van der Waals surface area (Å²) in [5.41, 5.74) is 1.40. The van der Waals surface area contributed by atoms with Gasteiger partial charge in [0.1, 0.15) is 0 Å². The van der Waals surface area contributed by atoms with Gasteiger partial charge in [0, 0.05) is 0 Å². The van der Waals surface area contributed by atoms with Crippen molar-refractivity contribution in [1.29, 1.82) is 0 Å². The molecule has 0 aliphatic carbocycles. The van der Waals surface area contributed by atoms with Crippen molar-refractivity contribution in [2.45, 2.75) is 18.4 Å². The molecule has 80 valence electrons. The van der Waals surface area contributed by atoms with Crippen molar-refractivity contribution in [3.63, 3.8) is 0 Å². The Morgan fingerprint density at radius 1 is 1.53 bits per heavy atom. The molecule has 2 rings (SSSR count). The first kappa shape index (κ1) is 10.7. The maximum atomic E-state index is 11.6. The minimum Gasteiger partial charge on any atom is -0.423 e. The van der Waals surface area contributed by atoms with Crippen LogP contribution in [0.5, 0.6) is 0 Å². The fourth-order valence-corrected chi connectivity index (χ4v) is 2.50. The van der Waals surface area contributed by atoms with E-state index in [0.29, 0.717) is 10.4 Å². The molecular weight excluding hydrogens is 215 g/mol. The second-order valence-corrected chi connectivity index (χ2v) is 5.71. The van der Waals surface area contributed by atoms with E-state index in [4.69, 9.17) is 4.65 Å². The van der Waals surface area contributed by atoms with Gasteiger partial charge in [0.2, 0.25) is 0 Å². The van der Waals surface area contributed by atoms with Crippen LogP contribution in [0, 0.1) is 0 Å². The maximum absolute atomic E-state index is 11.6. The standard InChI is InChI=1S/C9H11BO4S/c1-2-15(12,13)8-3-4-9-7(5-8)6-14-10(9)11/h3-5,11H,2,6H2,1H3. The lowest BCUT2D eigenvalue weighted by molar-refractivity contribution is 0.275. The van der Waals surface area contributed by atoms with Crippen LogP contribution >= 0.6 is 0 Å². The number of benzene rings is 1. The van der Waals surface area contributed by atoms with Gasteiger partial charge in [-0.1, -0.05) is 13.0 Å². The van der Waals surface area contributed by atoms with Gasteiger partial charge in [-0.3, -0.25) is 0 Å². The summed E-state index contributed by atoms with van der Waals surface area (Å²) in [6, 6.07) is 4.69. The van der Waals surface area contributed by atoms with Crippen LogP contribution in [-0.4, -0.2) is 26.3 Å². The predicted octanol–water partition coefficient (Wildman–Crippen LogP) is -0.302. The van der Waals surface area contributed by atoms with Gasteiger partial charge in [-0.25, -0.2) is 8.42 Å². The summed E-state index contributed by atoms with van der Waals surface area (Å²) in [6.45, 7) is 1.87. The minimum atomic E-state index is -3.17. The third-order valence-electron chi connectivity index (χ3n) is 2.52. The number of rotatable bonds is 2. The highest BCUT2D eigenvalue weighted by Crippen LogP contribution is 2.16. The SMILES string of the molecule is CCS(=O)(=O)c1ccc2c(c1)COB2O. The molecule has 0 amide bonds. The van der Waals surface area contributed by atoms with Crippen LogP contribution in [0.4, 0.5) is 0 Å². The molecule has 0 saturated carbocycles. The molecular formula is C9H11BO4S. The average molecular weight is 226 g/mol. The number of hydrogen-bond acceptors (Lipinski definition) is 4. The van der Waals surface area contributed by atoms with Gasteiger partial charge >= 0.3 is 7.12 Å². The lowest BCUT2D eigenvalue weighted by atomic mass is 9.80. The molecule has 15 heavy (non-hydrogen) atoms. The number of fused-ring (bicyclic) bond motifs is 1. The fraction of sp³-hybridized carbons (Fsp3) is 0.333. The van der Waals surface area contributed by atoms with Gasteiger partial charge in [-0.05, 0) is 23.2 Å². The summed E-state index contributed by atoms with van der Waals surface area (Å²) in [5.74, 6) is 0.0786. The second kappa shape index (κ2) is 3.62. The molecule has 0 aromatic heterocycles. The van der Waals surface area contributed by atoms with Crippen molar-refractivity contribution < 1.29 is 18.1 Å². The normalized spacial score (nSPS) is 15.5. The molecule has 0 radical (unpaired) electrons. The van der Waals surface area contributed by atoms with E-state index in [-0.39, 0.29) is 12.4 Å². The van der Waals surface area contributed by atoms with Crippen molar-refractivity contribution in [3.05, 3.63) is 23.8 Å². The Kier molecular flexibility index (Phi) is 2.58. The Balaban J connectivity index is 2.48.